The monoisotopic (exact) mass is 398 g/mol. The van der Waals surface area contributed by atoms with E-state index in [2.05, 4.69) is 74.5 Å². The van der Waals surface area contributed by atoms with E-state index in [9.17, 15) is 0 Å². The zero-order chi connectivity index (χ0) is 13.4. The van der Waals surface area contributed by atoms with E-state index in [-0.39, 0.29) is 51.0 Å². The van der Waals surface area contributed by atoms with Crippen molar-refractivity contribution in [2.24, 2.45) is 0 Å². The molecule has 3 heteroatoms. The van der Waals surface area contributed by atoms with Crippen LogP contribution in [0, 0.1) is 13.8 Å². The zero-order valence-electron chi connectivity index (χ0n) is 13.0. The topological polar surface area (TPSA) is 0 Å². The van der Waals surface area contributed by atoms with Crippen molar-refractivity contribution in [3.63, 3.8) is 0 Å². The SMILES string of the molecule is CC=C[c-]1cccc1C.CC=C[c-]1cccc1C.[Cl-].[Cl-].[Zr+4]. The summed E-state index contributed by atoms with van der Waals surface area (Å²) in [7, 11) is 0. The molecule has 0 saturated heterocycles. The van der Waals surface area contributed by atoms with Gasteiger partial charge in [0.1, 0.15) is 0 Å². The molecule has 0 aliphatic carbocycles. The molecule has 112 valence electrons. The average molecular weight is 401 g/mol. The summed E-state index contributed by atoms with van der Waals surface area (Å²) in [5.41, 5.74) is 5.37. The number of rotatable bonds is 2. The van der Waals surface area contributed by atoms with Gasteiger partial charge in [-0.1, -0.05) is 27.7 Å². The Kier molecular flexibility index (Phi) is 17.8. The van der Waals surface area contributed by atoms with Gasteiger partial charge in [-0.2, -0.15) is 36.4 Å². The molecule has 0 bridgehead atoms. The van der Waals surface area contributed by atoms with Crippen LogP contribution in [0.3, 0.4) is 0 Å². The van der Waals surface area contributed by atoms with Crippen LogP contribution >= 0.6 is 0 Å². The minimum Gasteiger partial charge on any atom is -1.00 e. The Morgan fingerprint density at radius 2 is 1.10 bits per heavy atom. The molecule has 0 spiro atoms. The molecule has 2 aromatic carbocycles. The summed E-state index contributed by atoms with van der Waals surface area (Å²) in [6.07, 6.45) is 8.36. The van der Waals surface area contributed by atoms with Gasteiger partial charge in [0.2, 0.25) is 0 Å². The van der Waals surface area contributed by atoms with Crippen molar-refractivity contribution in [3.8, 4) is 0 Å². The third kappa shape index (κ3) is 9.30. The van der Waals surface area contributed by atoms with Crippen molar-refractivity contribution >= 4 is 12.2 Å². The number of halogens is 2. The van der Waals surface area contributed by atoms with Gasteiger partial charge in [-0.05, 0) is 0 Å². The Balaban J connectivity index is -0.000000270. The van der Waals surface area contributed by atoms with E-state index in [0.29, 0.717) is 0 Å². The van der Waals surface area contributed by atoms with Crippen molar-refractivity contribution in [2.45, 2.75) is 27.7 Å². The normalized spacial score (nSPS) is 9.33. The van der Waals surface area contributed by atoms with Gasteiger partial charge in [0.15, 0.2) is 0 Å². The van der Waals surface area contributed by atoms with Crippen molar-refractivity contribution < 1.29 is 51.0 Å². The zero-order valence-corrected chi connectivity index (χ0v) is 17.0. The van der Waals surface area contributed by atoms with E-state index < -0.39 is 0 Å². The fourth-order valence-corrected chi connectivity index (χ4v) is 1.78. The molecule has 0 radical (unpaired) electrons. The van der Waals surface area contributed by atoms with Gasteiger partial charge in [-0.15, -0.1) is 46.5 Å². The van der Waals surface area contributed by atoms with Crippen LogP contribution in [0.15, 0.2) is 48.6 Å². The van der Waals surface area contributed by atoms with E-state index in [1.165, 1.54) is 22.3 Å². The maximum atomic E-state index is 2.12. The molecule has 0 fully saturated rings. The molecule has 0 nitrogen and oxygen atoms in total. The van der Waals surface area contributed by atoms with Crippen LogP contribution < -0.4 is 24.8 Å². The molecule has 0 saturated carbocycles. The summed E-state index contributed by atoms with van der Waals surface area (Å²) < 4.78 is 0. The molecule has 0 N–H and O–H groups in total. The van der Waals surface area contributed by atoms with E-state index in [1.807, 2.05) is 13.8 Å². The van der Waals surface area contributed by atoms with Crippen molar-refractivity contribution in [2.75, 3.05) is 0 Å². The average Bonchev–Trinajstić information content (AvgIpc) is 2.92. The number of aryl methyl sites for hydroxylation is 2. The predicted octanol–water partition coefficient (Wildman–Crippen LogP) is -0.500. The molecule has 0 unspecified atom stereocenters. The molecule has 0 aromatic heterocycles. The smallest absolute Gasteiger partial charge is 1.00 e. The molecular formula is C18H22Cl2Zr. The Morgan fingerprint density at radius 3 is 1.29 bits per heavy atom. The van der Waals surface area contributed by atoms with Gasteiger partial charge in [0.25, 0.3) is 0 Å². The number of allylic oxidation sites excluding steroid dienone is 2. The minimum atomic E-state index is 0. The van der Waals surface area contributed by atoms with Gasteiger partial charge in [-0.25, -0.2) is 0 Å². The summed E-state index contributed by atoms with van der Waals surface area (Å²) in [4.78, 5) is 0. The third-order valence-electron chi connectivity index (χ3n) is 2.85. The van der Waals surface area contributed by atoms with Crippen molar-refractivity contribution in [3.05, 3.63) is 70.8 Å². The first-order valence-corrected chi connectivity index (χ1v) is 6.39. The van der Waals surface area contributed by atoms with Crippen molar-refractivity contribution in [1.82, 2.24) is 0 Å². The van der Waals surface area contributed by atoms with Crippen LogP contribution in [0.2, 0.25) is 0 Å². The second-order valence-electron chi connectivity index (χ2n) is 4.33. The van der Waals surface area contributed by atoms with Gasteiger partial charge >= 0.3 is 26.2 Å². The van der Waals surface area contributed by atoms with Crippen LogP contribution in [0.25, 0.3) is 12.2 Å². The van der Waals surface area contributed by atoms with E-state index in [1.54, 1.807) is 0 Å². The van der Waals surface area contributed by atoms with E-state index >= 15 is 0 Å². The second-order valence-corrected chi connectivity index (χ2v) is 4.33. The minimum absolute atomic E-state index is 0. The standard InChI is InChI=1S/2C9H11.2ClH.Zr/c2*1-3-5-9-7-4-6-8(9)2;;;/h2*3-7H,1-2H3;2*1H;/q2*-1;;;+4/p-2. The van der Waals surface area contributed by atoms with Crippen LogP contribution in [0.1, 0.15) is 36.1 Å². The number of hydrogen-bond acceptors (Lipinski definition) is 0. The Hall–Kier alpha value is -0.357. The van der Waals surface area contributed by atoms with E-state index in [4.69, 9.17) is 0 Å². The third-order valence-corrected chi connectivity index (χ3v) is 2.85. The summed E-state index contributed by atoms with van der Waals surface area (Å²) in [5, 5.41) is 0. The molecule has 2 rings (SSSR count). The molecule has 0 heterocycles. The Labute approximate surface area is 161 Å². The van der Waals surface area contributed by atoms with E-state index in [0.717, 1.165) is 0 Å². The van der Waals surface area contributed by atoms with Gasteiger partial charge in [0.05, 0.1) is 0 Å². The Bertz CT molecular complexity index is 471. The van der Waals surface area contributed by atoms with Crippen LogP contribution in [0.5, 0.6) is 0 Å². The summed E-state index contributed by atoms with van der Waals surface area (Å²) in [6, 6.07) is 12.6. The first-order valence-electron chi connectivity index (χ1n) is 6.39. The van der Waals surface area contributed by atoms with Gasteiger partial charge in [0, 0.05) is 0 Å². The fraction of sp³-hybridized carbons (Fsp3) is 0.222. The van der Waals surface area contributed by atoms with Gasteiger partial charge in [-0.3, -0.25) is 0 Å². The maximum absolute atomic E-state index is 2.12. The molecule has 0 aliphatic heterocycles. The van der Waals surface area contributed by atoms with Gasteiger partial charge < -0.3 is 24.8 Å². The summed E-state index contributed by atoms with van der Waals surface area (Å²) in [5.74, 6) is 0. The first kappa shape index (κ1) is 25.6. The molecule has 0 amide bonds. The summed E-state index contributed by atoms with van der Waals surface area (Å²) >= 11 is 0. The molecular weight excluding hydrogens is 378 g/mol. The quantitative estimate of drug-likeness (QED) is 0.597. The molecule has 2 aromatic rings. The van der Waals surface area contributed by atoms with Crippen LogP contribution in [-0.2, 0) is 26.2 Å². The largest absolute Gasteiger partial charge is 4.00 e. The molecule has 21 heavy (non-hydrogen) atoms. The fourth-order valence-electron chi connectivity index (χ4n) is 1.78. The second kappa shape index (κ2) is 14.6. The first-order chi connectivity index (χ1) is 8.69. The number of hydrogen-bond donors (Lipinski definition) is 0. The molecule has 0 atom stereocenters. The van der Waals surface area contributed by atoms with Crippen LogP contribution in [0.4, 0.5) is 0 Å². The Morgan fingerprint density at radius 1 is 0.762 bits per heavy atom. The maximum Gasteiger partial charge on any atom is 4.00 e. The van der Waals surface area contributed by atoms with Crippen LogP contribution in [-0.4, -0.2) is 0 Å². The molecule has 0 aliphatic rings. The summed E-state index contributed by atoms with van der Waals surface area (Å²) in [6.45, 7) is 8.31. The van der Waals surface area contributed by atoms with Crippen molar-refractivity contribution in [1.29, 1.82) is 0 Å². The predicted molar refractivity (Wildman–Crippen MR) is 83.0 cm³/mol.